The average Bonchev–Trinajstić information content (AvgIpc) is 2.23. The predicted octanol–water partition coefficient (Wildman–Crippen LogP) is 3.91. The van der Waals surface area contributed by atoms with Crippen LogP contribution in [0.1, 0.15) is 52.1 Å². The maximum absolute atomic E-state index is 5.84. The minimum atomic E-state index is 0.0631. The van der Waals surface area contributed by atoms with Crippen molar-refractivity contribution in [2.24, 2.45) is 11.1 Å². The molecule has 0 unspecified atom stereocenters. The molecule has 1 rings (SSSR count). The van der Waals surface area contributed by atoms with Crippen LogP contribution in [0.2, 0.25) is 0 Å². The molecular weight excluding hydrogens is 210 g/mol. The van der Waals surface area contributed by atoms with Gasteiger partial charge in [0, 0.05) is 6.04 Å². The van der Waals surface area contributed by atoms with E-state index in [0.29, 0.717) is 5.41 Å². The minimum absolute atomic E-state index is 0.0631. The van der Waals surface area contributed by atoms with E-state index in [9.17, 15) is 0 Å². The van der Waals surface area contributed by atoms with Crippen molar-refractivity contribution >= 4 is 0 Å². The van der Waals surface area contributed by atoms with Crippen LogP contribution < -0.4 is 10.5 Å². The van der Waals surface area contributed by atoms with Gasteiger partial charge in [0.05, 0.1) is 6.61 Å². The van der Waals surface area contributed by atoms with Crippen molar-refractivity contribution in [2.75, 3.05) is 6.61 Å². The second-order valence-electron chi connectivity index (χ2n) is 5.87. The van der Waals surface area contributed by atoms with Crippen molar-refractivity contribution in [3.8, 4) is 5.75 Å². The molecule has 1 atom stereocenters. The number of ether oxygens (including phenoxy) is 1. The van der Waals surface area contributed by atoms with Crippen molar-refractivity contribution < 1.29 is 4.74 Å². The Morgan fingerprint density at radius 2 is 2.00 bits per heavy atom. The number of hydrogen-bond acceptors (Lipinski definition) is 2. The molecule has 0 fully saturated rings. The molecule has 2 nitrogen and oxygen atoms in total. The fraction of sp³-hybridized carbons (Fsp3) is 0.600. The Morgan fingerprint density at radius 1 is 1.29 bits per heavy atom. The molecule has 1 aromatic carbocycles. The van der Waals surface area contributed by atoms with Crippen molar-refractivity contribution in [2.45, 2.75) is 46.6 Å². The zero-order chi connectivity index (χ0) is 12.9. The molecule has 0 aliphatic heterocycles. The van der Waals surface area contributed by atoms with Crippen LogP contribution >= 0.6 is 0 Å². The van der Waals surface area contributed by atoms with Gasteiger partial charge in [0.25, 0.3) is 0 Å². The lowest BCUT2D eigenvalue weighted by molar-refractivity contribution is 0.269. The maximum Gasteiger partial charge on any atom is 0.119 e. The Bertz CT molecular complexity index is 339. The van der Waals surface area contributed by atoms with Gasteiger partial charge in [0.15, 0.2) is 0 Å². The van der Waals surface area contributed by atoms with E-state index in [-0.39, 0.29) is 6.04 Å². The number of nitrogens with two attached hydrogens (primary N) is 1. The standard InChI is InChI=1S/C15H25NO/c1-12(16)13-7-5-8-14(11-13)17-10-6-9-15(2,3)4/h5,7-8,11-12H,6,9-10,16H2,1-4H3/t12-/m1/s1. The van der Waals surface area contributed by atoms with Gasteiger partial charge >= 0.3 is 0 Å². The van der Waals surface area contributed by atoms with Gasteiger partial charge in [-0.2, -0.15) is 0 Å². The fourth-order valence-electron chi connectivity index (χ4n) is 1.68. The first-order chi connectivity index (χ1) is 7.88. The molecule has 0 radical (unpaired) electrons. The molecule has 0 bridgehead atoms. The van der Waals surface area contributed by atoms with E-state index < -0.39 is 0 Å². The highest BCUT2D eigenvalue weighted by atomic mass is 16.5. The zero-order valence-electron chi connectivity index (χ0n) is 11.5. The molecule has 1 aromatic rings. The highest BCUT2D eigenvalue weighted by molar-refractivity contribution is 5.30. The van der Waals surface area contributed by atoms with Crippen molar-refractivity contribution in [1.82, 2.24) is 0 Å². The van der Waals surface area contributed by atoms with Crippen molar-refractivity contribution in [3.05, 3.63) is 29.8 Å². The molecule has 0 saturated carbocycles. The SMILES string of the molecule is C[C@@H](N)c1cccc(OCCCC(C)(C)C)c1. The molecule has 0 amide bonds. The zero-order valence-corrected chi connectivity index (χ0v) is 11.5. The van der Waals surface area contributed by atoms with Crippen molar-refractivity contribution in [1.29, 1.82) is 0 Å². The first kappa shape index (κ1) is 14.0. The van der Waals surface area contributed by atoms with Gasteiger partial charge in [-0.3, -0.25) is 0 Å². The van der Waals surface area contributed by atoms with Crippen LogP contribution in [0.5, 0.6) is 5.75 Å². The molecule has 0 aliphatic carbocycles. The van der Waals surface area contributed by atoms with Gasteiger partial charge in [-0.25, -0.2) is 0 Å². The van der Waals surface area contributed by atoms with E-state index in [1.807, 2.05) is 31.2 Å². The van der Waals surface area contributed by atoms with Gasteiger partial charge in [0.2, 0.25) is 0 Å². The maximum atomic E-state index is 5.84. The average molecular weight is 235 g/mol. The Balaban J connectivity index is 2.39. The van der Waals surface area contributed by atoms with Crippen molar-refractivity contribution in [3.63, 3.8) is 0 Å². The summed E-state index contributed by atoms with van der Waals surface area (Å²) in [4.78, 5) is 0. The lowest BCUT2D eigenvalue weighted by atomic mass is 9.91. The van der Waals surface area contributed by atoms with E-state index in [1.54, 1.807) is 0 Å². The van der Waals surface area contributed by atoms with E-state index in [4.69, 9.17) is 10.5 Å². The highest BCUT2D eigenvalue weighted by Crippen LogP contribution is 2.21. The summed E-state index contributed by atoms with van der Waals surface area (Å²) in [6, 6.07) is 8.11. The lowest BCUT2D eigenvalue weighted by Crippen LogP contribution is -2.08. The van der Waals surface area contributed by atoms with Crippen LogP contribution in [0.25, 0.3) is 0 Å². The first-order valence-corrected chi connectivity index (χ1v) is 6.37. The molecule has 17 heavy (non-hydrogen) atoms. The summed E-state index contributed by atoms with van der Waals surface area (Å²) < 4.78 is 5.74. The second-order valence-corrected chi connectivity index (χ2v) is 5.87. The van der Waals surface area contributed by atoms with E-state index in [0.717, 1.165) is 24.3 Å². The van der Waals surface area contributed by atoms with Gasteiger partial charge in [-0.05, 0) is 42.9 Å². The third kappa shape index (κ3) is 5.73. The highest BCUT2D eigenvalue weighted by Gasteiger charge is 2.09. The summed E-state index contributed by atoms with van der Waals surface area (Å²) >= 11 is 0. The van der Waals surface area contributed by atoms with Gasteiger partial charge < -0.3 is 10.5 Å². The van der Waals surface area contributed by atoms with Gasteiger partial charge in [0.1, 0.15) is 5.75 Å². The van der Waals surface area contributed by atoms with E-state index in [2.05, 4.69) is 20.8 Å². The molecule has 0 aromatic heterocycles. The van der Waals surface area contributed by atoms with Crippen LogP contribution in [0.4, 0.5) is 0 Å². The number of benzene rings is 1. The molecule has 0 aliphatic rings. The summed E-state index contributed by atoms with van der Waals surface area (Å²) in [5, 5.41) is 0. The minimum Gasteiger partial charge on any atom is -0.494 e. The smallest absolute Gasteiger partial charge is 0.119 e. The van der Waals surface area contributed by atoms with E-state index >= 15 is 0 Å². The molecule has 2 heteroatoms. The van der Waals surface area contributed by atoms with Crippen LogP contribution in [0, 0.1) is 5.41 Å². The molecule has 0 saturated heterocycles. The predicted molar refractivity (Wildman–Crippen MR) is 73.2 cm³/mol. The quantitative estimate of drug-likeness (QED) is 0.785. The Hall–Kier alpha value is -1.02. The van der Waals surface area contributed by atoms with Crippen LogP contribution in [0.15, 0.2) is 24.3 Å². The molecule has 0 spiro atoms. The Kier molecular flexibility index (Phi) is 5.01. The monoisotopic (exact) mass is 235 g/mol. The van der Waals surface area contributed by atoms with Crippen LogP contribution in [-0.4, -0.2) is 6.61 Å². The lowest BCUT2D eigenvalue weighted by Gasteiger charge is -2.18. The summed E-state index contributed by atoms with van der Waals surface area (Å²) in [7, 11) is 0. The third-order valence-electron chi connectivity index (χ3n) is 2.72. The second kappa shape index (κ2) is 6.06. The summed E-state index contributed by atoms with van der Waals surface area (Å²) in [5.74, 6) is 0.925. The topological polar surface area (TPSA) is 35.2 Å². The van der Waals surface area contributed by atoms with Gasteiger partial charge in [-0.1, -0.05) is 32.9 Å². The number of rotatable bonds is 5. The summed E-state index contributed by atoms with van der Waals surface area (Å²) in [6.45, 7) is 9.52. The normalized spacial score (nSPS) is 13.5. The third-order valence-corrected chi connectivity index (χ3v) is 2.72. The summed E-state index contributed by atoms with van der Waals surface area (Å²) in [6.07, 6.45) is 2.27. The Labute approximate surface area is 105 Å². The van der Waals surface area contributed by atoms with Crippen LogP contribution in [0.3, 0.4) is 0 Å². The van der Waals surface area contributed by atoms with Crippen LogP contribution in [-0.2, 0) is 0 Å². The Morgan fingerprint density at radius 3 is 2.59 bits per heavy atom. The summed E-state index contributed by atoms with van der Waals surface area (Å²) in [5.41, 5.74) is 7.35. The molecule has 2 N–H and O–H groups in total. The molecular formula is C15H25NO. The van der Waals surface area contributed by atoms with Gasteiger partial charge in [-0.15, -0.1) is 0 Å². The molecule has 0 heterocycles. The first-order valence-electron chi connectivity index (χ1n) is 6.37. The largest absolute Gasteiger partial charge is 0.494 e. The number of hydrogen-bond donors (Lipinski definition) is 1. The fourth-order valence-corrected chi connectivity index (χ4v) is 1.68. The van der Waals surface area contributed by atoms with E-state index in [1.165, 1.54) is 6.42 Å². The molecule has 96 valence electrons.